The van der Waals surface area contributed by atoms with Gasteiger partial charge in [-0.1, -0.05) is 52.3 Å². The van der Waals surface area contributed by atoms with E-state index in [4.69, 9.17) is 9.90 Å². The van der Waals surface area contributed by atoms with Gasteiger partial charge in [-0.05, 0) is 23.8 Å². The molecule has 0 aliphatic heterocycles. The van der Waals surface area contributed by atoms with Crippen LogP contribution in [0.4, 0.5) is 13.2 Å². The van der Waals surface area contributed by atoms with Gasteiger partial charge in [-0.2, -0.15) is 13.2 Å². The Bertz CT molecular complexity index is 982. The molecule has 0 bridgehead atoms. The van der Waals surface area contributed by atoms with Crippen LogP contribution in [0.25, 0.3) is 10.9 Å². The van der Waals surface area contributed by atoms with Crippen LogP contribution in [0.15, 0.2) is 59.1 Å². The number of rotatable bonds is 3. The van der Waals surface area contributed by atoms with Gasteiger partial charge in [0, 0.05) is 21.9 Å². The first-order valence-corrected chi connectivity index (χ1v) is 8.25. The van der Waals surface area contributed by atoms with E-state index in [0.29, 0.717) is 12.2 Å². The quantitative estimate of drug-likeness (QED) is 0.610. The Morgan fingerprint density at radius 2 is 1.56 bits per heavy atom. The molecule has 0 saturated heterocycles. The first-order valence-electron chi connectivity index (χ1n) is 7.46. The Balaban J connectivity index is 0.000000321. The molecule has 5 nitrogen and oxygen atoms in total. The maximum Gasteiger partial charge on any atom is 0.490 e. The summed E-state index contributed by atoms with van der Waals surface area (Å²) in [7, 11) is 0. The van der Waals surface area contributed by atoms with Gasteiger partial charge in [0.2, 0.25) is 0 Å². The summed E-state index contributed by atoms with van der Waals surface area (Å²) in [5.41, 5.74) is 2.29. The molecule has 2 N–H and O–H groups in total. The highest BCUT2D eigenvalue weighted by atomic mass is 79.9. The van der Waals surface area contributed by atoms with Crippen LogP contribution in [0.3, 0.4) is 0 Å². The molecule has 0 spiro atoms. The number of benzene rings is 2. The minimum absolute atomic E-state index is 0.307. The van der Waals surface area contributed by atoms with Gasteiger partial charge < -0.3 is 14.8 Å². The summed E-state index contributed by atoms with van der Waals surface area (Å²) in [6, 6.07) is 17.3. The largest absolute Gasteiger partial charge is 0.490 e. The van der Waals surface area contributed by atoms with Crippen LogP contribution in [-0.4, -0.2) is 32.9 Å². The lowest BCUT2D eigenvalue weighted by Gasteiger charge is -2.10. The van der Waals surface area contributed by atoms with Gasteiger partial charge in [0.15, 0.2) is 0 Å². The monoisotopic (exact) mass is 443 g/mol. The molecule has 0 aliphatic rings. The fraction of sp³-hybridized carbons (Fsp3) is 0.111. The lowest BCUT2D eigenvalue weighted by Crippen LogP contribution is -2.21. The third-order valence-electron chi connectivity index (χ3n) is 3.56. The molecule has 0 saturated carbocycles. The van der Waals surface area contributed by atoms with Gasteiger partial charge in [-0.15, -0.1) is 0 Å². The van der Waals surface area contributed by atoms with Crippen molar-refractivity contribution < 1.29 is 33.0 Å². The number of aromatic nitrogens is 1. The zero-order valence-corrected chi connectivity index (χ0v) is 15.2. The van der Waals surface area contributed by atoms with E-state index in [-0.39, 0.29) is 0 Å². The average molecular weight is 444 g/mol. The van der Waals surface area contributed by atoms with Crippen molar-refractivity contribution in [1.29, 1.82) is 0 Å². The van der Waals surface area contributed by atoms with Crippen LogP contribution in [0, 0.1) is 0 Å². The fourth-order valence-corrected chi connectivity index (χ4v) is 2.77. The second kappa shape index (κ2) is 8.26. The van der Waals surface area contributed by atoms with Crippen LogP contribution < -0.4 is 0 Å². The molecule has 1 aromatic heterocycles. The Hall–Kier alpha value is -2.81. The lowest BCUT2D eigenvalue weighted by atomic mass is 10.2. The predicted octanol–water partition coefficient (Wildman–Crippen LogP) is 4.78. The summed E-state index contributed by atoms with van der Waals surface area (Å²) in [5.74, 6) is -3.67. The first-order chi connectivity index (χ1) is 12.6. The van der Waals surface area contributed by atoms with Crippen molar-refractivity contribution >= 4 is 38.8 Å². The molecule has 0 unspecified atom stereocenters. The van der Waals surface area contributed by atoms with E-state index in [2.05, 4.69) is 15.9 Å². The van der Waals surface area contributed by atoms with Gasteiger partial charge in [-0.25, -0.2) is 9.59 Å². The maximum absolute atomic E-state index is 11.4. The number of alkyl halides is 3. The highest BCUT2D eigenvalue weighted by molar-refractivity contribution is 9.10. The Labute approximate surface area is 159 Å². The molecule has 0 aliphatic carbocycles. The summed E-state index contributed by atoms with van der Waals surface area (Å²) in [4.78, 5) is 20.3. The van der Waals surface area contributed by atoms with Crippen LogP contribution in [0.1, 0.15) is 16.1 Å². The number of fused-ring (bicyclic) bond motifs is 1. The number of hydrogen-bond acceptors (Lipinski definition) is 2. The van der Waals surface area contributed by atoms with Crippen molar-refractivity contribution in [2.24, 2.45) is 0 Å². The smallest absolute Gasteiger partial charge is 0.477 e. The average Bonchev–Trinajstić information content (AvgIpc) is 2.96. The molecular weight excluding hydrogens is 431 g/mol. The van der Waals surface area contributed by atoms with Crippen molar-refractivity contribution in [2.45, 2.75) is 12.7 Å². The molecule has 0 fully saturated rings. The van der Waals surface area contributed by atoms with E-state index >= 15 is 0 Å². The topological polar surface area (TPSA) is 79.5 Å². The summed E-state index contributed by atoms with van der Waals surface area (Å²) < 4.78 is 34.5. The molecule has 0 atom stereocenters. The van der Waals surface area contributed by atoms with Crippen LogP contribution >= 0.6 is 15.9 Å². The Morgan fingerprint density at radius 3 is 2.11 bits per heavy atom. The normalized spacial score (nSPS) is 11.0. The molecule has 3 rings (SSSR count). The summed E-state index contributed by atoms with van der Waals surface area (Å²) in [6.45, 7) is 0.524. The summed E-state index contributed by atoms with van der Waals surface area (Å²) >= 11 is 3.51. The van der Waals surface area contributed by atoms with Crippen molar-refractivity contribution in [3.63, 3.8) is 0 Å². The molecule has 9 heteroatoms. The SMILES string of the molecule is O=C(O)C(F)(F)F.O=C(O)c1cc2ccccc2n1Cc1ccccc1Br. The molecule has 0 amide bonds. The van der Waals surface area contributed by atoms with Crippen molar-refractivity contribution in [3.8, 4) is 0 Å². The van der Waals surface area contributed by atoms with Gasteiger partial charge in [-0.3, -0.25) is 0 Å². The molecule has 142 valence electrons. The number of halogens is 4. The van der Waals surface area contributed by atoms with E-state index in [0.717, 1.165) is 20.9 Å². The molecular formula is C18H13BrF3NO4. The first kappa shape index (κ1) is 20.5. The van der Waals surface area contributed by atoms with Gasteiger partial charge in [0.05, 0.1) is 0 Å². The zero-order chi connectivity index (χ0) is 20.2. The van der Waals surface area contributed by atoms with E-state index < -0.39 is 18.1 Å². The minimum atomic E-state index is -5.08. The number of carbonyl (C=O) groups is 2. The number of carboxylic acid groups (broad SMARTS) is 2. The molecule has 3 aromatic rings. The van der Waals surface area contributed by atoms with Crippen LogP contribution in [-0.2, 0) is 11.3 Å². The highest BCUT2D eigenvalue weighted by Crippen LogP contribution is 2.24. The molecule has 27 heavy (non-hydrogen) atoms. The standard InChI is InChI=1S/C16H12BrNO2.C2HF3O2/c17-13-7-3-1-6-12(13)10-18-14-8-4-2-5-11(14)9-15(18)16(19)20;3-2(4,5)1(6)7/h1-9H,10H2,(H,19,20);(H,6,7). The summed E-state index contributed by atoms with van der Waals surface area (Å²) in [6.07, 6.45) is -5.08. The number of para-hydroxylation sites is 1. The van der Waals surface area contributed by atoms with E-state index in [1.54, 1.807) is 6.07 Å². The van der Waals surface area contributed by atoms with E-state index in [1.807, 2.05) is 53.1 Å². The van der Waals surface area contributed by atoms with Crippen molar-refractivity contribution in [3.05, 3.63) is 70.3 Å². The highest BCUT2D eigenvalue weighted by Gasteiger charge is 2.38. The number of aliphatic carboxylic acids is 1. The molecule has 2 aromatic carbocycles. The number of hydrogen-bond donors (Lipinski definition) is 2. The van der Waals surface area contributed by atoms with Gasteiger partial charge in [0.25, 0.3) is 0 Å². The third kappa shape index (κ3) is 5.10. The van der Waals surface area contributed by atoms with Crippen molar-refractivity contribution in [1.82, 2.24) is 4.57 Å². The molecule has 1 heterocycles. The van der Waals surface area contributed by atoms with Crippen LogP contribution in [0.2, 0.25) is 0 Å². The van der Waals surface area contributed by atoms with Crippen LogP contribution in [0.5, 0.6) is 0 Å². The Kier molecular flexibility index (Phi) is 6.27. The minimum Gasteiger partial charge on any atom is -0.477 e. The maximum atomic E-state index is 11.4. The number of carboxylic acids is 2. The zero-order valence-electron chi connectivity index (χ0n) is 13.6. The van der Waals surface area contributed by atoms with E-state index in [9.17, 15) is 23.1 Å². The predicted molar refractivity (Wildman–Crippen MR) is 95.8 cm³/mol. The van der Waals surface area contributed by atoms with Crippen molar-refractivity contribution in [2.75, 3.05) is 0 Å². The third-order valence-corrected chi connectivity index (χ3v) is 4.33. The fourth-order valence-electron chi connectivity index (χ4n) is 2.35. The number of nitrogens with zero attached hydrogens (tertiary/aromatic N) is 1. The second-order valence-electron chi connectivity index (χ2n) is 5.37. The van der Waals surface area contributed by atoms with Gasteiger partial charge in [0.1, 0.15) is 5.69 Å². The second-order valence-corrected chi connectivity index (χ2v) is 6.23. The summed E-state index contributed by atoms with van der Waals surface area (Å²) in [5, 5.41) is 17.4. The van der Waals surface area contributed by atoms with E-state index in [1.165, 1.54) is 0 Å². The number of aromatic carboxylic acids is 1. The lowest BCUT2D eigenvalue weighted by molar-refractivity contribution is -0.192. The van der Waals surface area contributed by atoms with Gasteiger partial charge >= 0.3 is 18.1 Å². The molecule has 0 radical (unpaired) electrons. The Morgan fingerprint density at radius 1 is 1.00 bits per heavy atom.